The molecule has 0 radical (unpaired) electrons. The van der Waals surface area contributed by atoms with Gasteiger partial charge in [-0.2, -0.15) is 0 Å². The smallest absolute Gasteiger partial charge is 0.243 e. The van der Waals surface area contributed by atoms with Crippen LogP contribution in [-0.4, -0.2) is 55.5 Å². The van der Waals surface area contributed by atoms with E-state index in [1.807, 2.05) is 47.4 Å². The van der Waals surface area contributed by atoms with E-state index in [1.54, 1.807) is 10.7 Å². The second kappa shape index (κ2) is 12.8. The summed E-state index contributed by atoms with van der Waals surface area (Å²) in [6.45, 7) is 1.20. The van der Waals surface area contributed by atoms with Crippen LogP contribution < -0.4 is 11.1 Å². The monoisotopic (exact) mass is 525 g/mol. The molecule has 3 aromatic rings. The number of nitrogens with one attached hydrogen (secondary N) is 1. The highest BCUT2D eigenvalue weighted by atomic mass is 35.5. The second-order valence-corrected chi connectivity index (χ2v) is 8.24. The van der Waals surface area contributed by atoms with Crippen LogP contribution in [0.3, 0.4) is 0 Å². The zero-order chi connectivity index (χ0) is 22.5. The van der Waals surface area contributed by atoms with Crippen molar-refractivity contribution in [2.24, 2.45) is 5.73 Å². The Balaban J connectivity index is 0.00000204. The maximum Gasteiger partial charge on any atom is 0.243 e. The Bertz CT molecular complexity index is 1080. The molecule has 1 saturated heterocycles. The molecule has 0 unspecified atom stereocenters. The Hall–Kier alpha value is -2.56. The number of nitrogens with zero attached hydrogens (tertiary/aromatic N) is 5. The van der Waals surface area contributed by atoms with Gasteiger partial charge < -0.3 is 5.73 Å². The van der Waals surface area contributed by atoms with Crippen LogP contribution in [0, 0.1) is 0 Å². The minimum atomic E-state index is -0.796. The number of likely N-dealkylation sites (tertiary alicyclic amines) is 1. The highest BCUT2D eigenvalue weighted by molar-refractivity contribution is 6.30. The molecule has 4 rings (SSSR count). The molecule has 2 atom stereocenters. The van der Waals surface area contributed by atoms with Crippen LogP contribution in [0.25, 0.3) is 5.69 Å². The highest BCUT2D eigenvalue weighted by Crippen LogP contribution is 2.25. The molecule has 1 aromatic heterocycles. The summed E-state index contributed by atoms with van der Waals surface area (Å²) >= 11 is 6.22. The van der Waals surface area contributed by atoms with Gasteiger partial charge in [0.1, 0.15) is 6.33 Å². The first-order valence-electron chi connectivity index (χ1n) is 10.4. The van der Waals surface area contributed by atoms with E-state index in [0.29, 0.717) is 24.4 Å². The number of hydrogen-bond acceptors (Lipinski definition) is 7. The lowest BCUT2D eigenvalue weighted by molar-refractivity contribution is -0.133. The van der Waals surface area contributed by atoms with Crippen LogP contribution in [0.5, 0.6) is 0 Å². The molecule has 2 amide bonds. The van der Waals surface area contributed by atoms with Crippen molar-refractivity contribution in [2.45, 2.75) is 37.9 Å². The van der Waals surface area contributed by atoms with Crippen molar-refractivity contribution in [3.8, 4) is 5.69 Å². The molecule has 0 saturated carbocycles. The molecule has 1 aliphatic heterocycles. The summed E-state index contributed by atoms with van der Waals surface area (Å²) in [5.74, 6) is -0.801. The van der Waals surface area contributed by atoms with E-state index in [2.05, 4.69) is 20.8 Å². The van der Waals surface area contributed by atoms with Gasteiger partial charge in [-0.15, -0.1) is 29.9 Å². The van der Waals surface area contributed by atoms with Crippen molar-refractivity contribution in [2.75, 3.05) is 6.54 Å². The fourth-order valence-corrected chi connectivity index (χ4v) is 4.16. The van der Waals surface area contributed by atoms with Gasteiger partial charge in [-0.05, 0) is 65.6 Å². The van der Waals surface area contributed by atoms with E-state index in [4.69, 9.17) is 17.3 Å². The Labute approximate surface area is 214 Å². The lowest BCUT2D eigenvalue weighted by Crippen LogP contribution is -2.50. The van der Waals surface area contributed by atoms with Gasteiger partial charge in [0.2, 0.25) is 11.8 Å². The number of carbonyl (C=O) groups is 2. The van der Waals surface area contributed by atoms with Gasteiger partial charge in [0.15, 0.2) is 0 Å². The van der Waals surface area contributed by atoms with Gasteiger partial charge in [-0.25, -0.2) is 4.68 Å². The molecule has 1 fully saturated rings. The minimum Gasteiger partial charge on any atom is -0.320 e. The third-order valence-corrected chi connectivity index (χ3v) is 5.79. The summed E-state index contributed by atoms with van der Waals surface area (Å²) < 4.78 is 1.56. The van der Waals surface area contributed by atoms with Gasteiger partial charge in [-0.1, -0.05) is 41.9 Å². The molecule has 0 bridgehead atoms. The van der Waals surface area contributed by atoms with Crippen LogP contribution in [-0.2, 0) is 22.6 Å². The molecule has 3 N–H and O–H groups in total. The topological polar surface area (TPSA) is 119 Å². The predicted molar refractivity (Wildman–Crippen MR) is 133 cm³/mol. The summed E-state index contributed by atoms with van der Waals surface area (Å²) in [4.78, 5) is 27.4. The number of amides is 2. The number of rotatable bonds is 7. The summed E-state index contributed by atoms with van der Waals surface area (Å²) in [5.41, 5.74) is 8.65. The van der Waals surface area contributed by atoms with Crippen molar-refractivity contribution in [3.05, 3.63) is 71.0 Å². The number of nitrogens with two attached hydrogens (primary N) is 1. The molecule has 2 aromatic carbocycles. The molecule has 1 aliphatic rings. The van der Waals surface area contributed by atoms with Gasteiger partial charge in [0.25, 0.3) is 0 Å². The van der Waals surface area contributed by atoms with Crippen molar-refractivity contribution in [1.82, 2.24) is 30.4 Å². The Morgan fingerprint density at radius 2 is 1.94 bits per heavy atom. The molecular formula is C22H26Cl3N7O2. The van der Waals surface area contributed by atoms with Crippen LogP contribution in [0.15, 0.2) is 54.9 Å². The molecule has 9 nitrogen and oxygen atoms in total. The highest BCUT2D eigenvalue weighted by Gasteiger charge is 2.33. The third kappa shape index (κ3) is 6.74. The molecule has 0 aliphatic carbocycles. The standard InChI is InChI=1S/C22H24ClN7O2.2ClH/c23-17-8-9-19(30-14-25-27-28-30)16(12-17)13-29-10-4-7-20(29)22(32)26-21(31)18(24)11-15-5-2-1-3-6-15;;/h1-3,5-6,8-9,12,14,18,20H,4,7,10-11,13,24H2,(H,26,31,32);2*1H/t18-,20-;;/m0../s1. The first-order valence-corrected chi connectivity index (χ1v) is 10.8. The van der Waals surface area contributed by atoms with Crippen LogP contribution in [0.1, 0.15) is 24.0 Å². The minimum absolute atomic E-state index is 0. The maximum atomic E-state index is 12.9. The number of halogens is 3. The van der Waals surface area contributed by atoms with Crippen molar-refractivity contribution in [1.29, 1.82) is 0 Å². The largest absolute Gasteiger partial charge is 0.320 e. The summed E-state index contributed by atoms with van der Waals surface area (Å²) in [6, 6.07) is 13.7. The van der Waals surface area contributed by atoms with Crippen molar-refractivity contribution >= 4 is 48.2 Å². The van der Waals surface area contributed by atoms with E-state index < -0.39 is 18.0 Å². The number of benzene rings is 2. The first kappa shape index (κ1) is 27.7. The van der Waals surface area contributed by atoms with Gasteiger partial charge in [0.05, 0.1) is 17.8 Å². The van der Waals surface area contributed by atoms with Crippen LogP contribution in [0.4, 0.5) is 0 Å². The fraction of sp³-hybridized carbons (Fsp3) is 0.318. The molecule has 34 heavy (non-hydrogen) atoms. The molecular weight excluding hydrogens is 501 g/mol. The zero-order valence-electron chi connectivity index (χ0n) is 18.2. The predicted octanol–water partition coefficient (Wildman–Crippen LogP) is 2.34. The summed E-state index contributed by atoms with van der Waals surface area (Å²) in [7, 11) is 0. The maximum absolute atomic E-state index is 12.9. The van der Waals surface area contributed by atoms with Crippen LogP contribution >= 0.6 is 36.4 Å². The SMILES string of the molecule is Cl.Cl.N[C@@H](Cc1ccccc1)C(=O)NC(=O)[C@@H]1CCCN1Cc1cc(Cl)ccc1-n1cnnn1. The van der Waals surface area contributed by atoms with E-state index in [9.17, 15) is 9.59 Å². The fourth-order valence-electron chi connectivity index (χ4n) is 3.97. The van der Waals surface area contributed by atoms with Crippen molar-refractivity contribution in [3.63, 3.8) is 0 Å². The number of aromatic nitrogens is 4. The average molecular weight is 527 g/mol. The quantitative estimate of drug-likeness (QED) is 0.485. The van der Waals surface area contributed by atoms with E-state index in [0.717, 1.165) is 29.8 Å². The lowest BCUT2D eigenvalue weighted by Gasteiger charge is -2.25. The van der Waals surface area contributed by atoms with E-state index in [-0.39, 0.29) is 30.7 Å². The summed E-state index contributed by atoms with van der Waals surface area (Å²) in [6.07, 6.45) is 3.39. The number of hydrogen-bond donors (Lipinski definition) is 2. The lowest BCUT2D eigenvalue weighted by atomic mass is 10.1. The Morgan fingerprint density at radius 1 is 1.18 bits per heavy atom. The van der Waals surface area contributed by atoms with Crippen molar-refractivity contribution < 1.29 is 9.59 Å². The molecule has 12 heteroatoms. The van der Waals surface area contributed by atoms with Crippen LogP contribution in [0.2, 0.25) is 5.02 Å². The average Bonchev–Trinajstić information content (AvgIpc) is 3.47. The Morgan fingerprint density at radius 3 is 2.65 bits per heavy atom. The Kier molecular flexibility index (Phi) is 10.4. The van der Waals surface area contributed by atoms with Gasteiger partial charge in [-0.3, -0.25) is 19.8 Å². The third-order valence-electron chi connectivity index (χ3n) is 5.56. The molecule has 0 spiro atoms. The first-order chi connectivity index (χ1) is 15.5. The van der Waals surface area contributed by atoms with Gasteiger partial charge in [0, 0.05) is 11.6 Å². The summed E-state index contributed by atoms with van der Waals surface area (Å²) in [5, 5.41) is 14.4. The number of imide groups is 1. The van der Waals surface area contributed by atoms with E-state index >= 15 is 0 Å². The zero-order valence-corrected chi connectivity index (χ0v) is 20.6. The molecule has 2 heterocycles. The second-order valence-electron chi connectivity index (χ2n) is 7.81. The number of tetrazole rings is 1. The normalized spacial score (nSPS) is 16.2. The van der Waals surface area contributed by atoms with Gasteiger partial charge >= 0.3 is 0 Å². The van der Waals surface area contributed by atoms with E-state index in [1.165, 1.54) is 6.33 Å². The number of carbonyl (C=O) groups excluding carboxylic acids is 2. The molecule has 182 valence electrons.